The lowest BCUT2D eigenvalue weighted by molar-refractivity contribution is 1.08. The minimum Gasteiger partial charge on any atom is -0.309 e. The fourth-order valence-corrected chi connectivity index (χ4v) is 7.37. The molecular formula is C47H30N4. The van der Waals surface area contributed by atoms with Gasteiger partial charge in [0.25, 0.3) is 0 Å². The molecule has 4 nitrogen and oxygen atoms in total. The molecule has 2 heterocycles. The highest BCUT2D eigenvalue weighted by Crippen LogP contribution is 2.39. The summed E-state index contributed by atoms with van der Waals surface area (Å²) in [6.07, 6.45) is 0. The van der Waals surface area contributed by atoms with Crippen LogP contribution >= 0.6 is 0 Å². The molecule has 0 spiro atoms. The maximum Gasteiger partial charge on any atom is 0.164 e. The molecule has 10 aromatic rings. The van der Waals surface area contributed by atoms with E-state index in [1.807, 2.05) is 24.3 Å². The highest BCUT2D eigenvalue weighted by Gasteiger charge is 2.19. The second-order valence-corrected chi connectivity index (χ2v) is 12.9. The molecule has 0 aliphatic carbocycles. The maximum absolute atomic E-state index is 5.15. The van der Waals surface area contributed by atoms with E-state index in [9.17, 15) is 0 Å². The van der Waals surface area contributed by atoms with Crippen LogP contribution in [0.25, 0.3) is 94.3 Å². The molecule has 238 valence electrons. The Hall–Kier alpha value is -6.91. The third-order valence-corrected chi connectivity index (χ3v) is 9.84. The van der Waals surface area contributed by atoms with E-state index in [0.717, 1.165) is 38.7 Å². The monoisotopic (exact) mass is 650 g/mol. The SMILES string of the molecule is c1ccc(-c2ccc(-c3nc(-c4ccccc4)nc(-c4ccc(-n5c6ccccc6c6cc7ccccc7cc65)c5ccccc45)n3)cc2)cc1. The minimum absolute atomic E-state index is 0.640. The first-order valence-corrected chi connectivity index (χ1v) is 17.2. The molecule has 2 aromatic heterocycles. The number of para-hydroxylation sites is 1. The van der Waals surface area contributed by atoms with Crippen LogP contribution in [0, 0.1) is 0 Å². The second kappa shape index (κ2) is 11.9. The number of benzene rings is 8. The normalized spacial score (nSPS) is 11.5. The van der Waals surface area contributed by atoms with Crippen molar-refractivity contribution >= 4 is 43.4 Å². The molecule has 10 rings (SSSR count). The molecule has 0 amide bonds. The highest BCUT2D eigenvalue weighted by molar-refractivity contribution is 6.15. The summed E-state index contributed by atoms with van der Waals surface area (Å²) < 4.78 is 2.41. The smallest absolute Gasteiger partial charge is 0.164 e. The second-order valence-electron chi connectivity index (χ2n) is 12.9. The molecule has 0 fully saturated rings. The molecule has 0 radical (unpaired) electrons. The summed E-state index contributed by atoms with van der Waals surface area (Å²) in [7, 11) is 0. The third-order valence-electron chi connectivity index (χ3n) is 9.84. The summed E-state index contributed by atoms with van der Waals surface area (Å²) in [4.78, 5) is 15.3. The Morgan fingerprint density at radius 3 is 1.55 bits per heavy atom. The van der Waals surface area contributed by atoms with Crippen LogP contribution < -0.4 is 0 Å². The average Bonchev–Trinajstić information content (AvgIpc) is 3.53. The van der Waals surface area contributed by atoms with E-state index in [-0.39, 0.29) is 0 Å². The van der Waals surface area contributed by atoms with Crippen LogP contribution in [0.3, 0.4) is 0 Å². The predicted molar refractivity (Wildman–Crippen MR) is 211 cm³/mol. The molecule has 8 aromatic carbocycles. The first-order chi connectivity index (χ1) is 25.3. The van der Waals surface area contributed by atoms with Crippen LogP contribution in [0.4, 0.5) is 0 Å². The average molecular weight is 651 g/mol. The van der Waals surface area contributed by atoms with E-state index in [1.165, 1.54) is 38.1 Å². The van der Waals surface area contributed by atoms with E-state index >= 15 is 0 Å². The zero-order chi connectivity index (χ0) is 33.7. The van der Waals surface area contributed by atoms with Crippen molar-refractivity contribution in [2.75, 3.05) is 0 Å². The topological polar surface area (TPSA) is 43.6 Å². The lowest BCUT2D eigenvalue weighted by Crippen LogP contribution is -2.01. The lowest BCUT2D eigenvalue weighted by atomic mass is 10.0. The number of nitrogens with zero attached hydrogens (tertiary/aromatic N) is 4. The Bertz CT molecular complexity index is 2890. The van der Waals surface area contributed by atoms with Crippen molar-refractivity contribution in [1.82, 2.24) is 19.5 Å². The Kier molecular flexibility index (Phi) is 6.78. The van der Waals surface area contributed by atoms with Crippen molar-refractivity contribution in [3.05, 3.63) is 182 Å². The van der Waals surface area contributed by atoms with Gasteiger partial charge in [0.2, 0.25) is 0 Å². The summed E-state index contributed by atoms with van der Waals surface area (Å²) in [6.45, 7) is 0. The van der Waals surface area contributed by atoms with Crippen molar-refractivity contribution in [1.29, 1.82) is 0 Å². The van der Waals surface area contributed by atoms with E-state index < -0.39 is 0 Å². The summed E-state index contributed by atoms with van der Waals surface area (Å²) in [6, 6.07) is 63.9. The van der Waals surface area contributed by atoms with Crippen LogP contribution in [-0.4, -0.2) is 19.5 Å². The van der Waals surface area contributed by atoms with E-state index in [4.69, 9.17) is 15.0 Å². The van der Waals surface area contributed by atoms with Gasteiger partial charge in [0.1, 0.15) is 0 Å². The van der Waals surface area contributed by atoms with Gasteiger partial charge in [0.15, 0.2) is 17.5 Å². The van der Waals surface area contributed by atoms with E-state index in [0.29, 0.717) is 17.5 Å². The van der Waals surface area contributed by atoms with Gasteiger partial charge in [-0.15, -0.1) is 0 Å². The van der Waals surface area contributed by atoms with Gasteiger partial charge in [0.05, 0.1) is 16.7 Å². The fourth-order valence-electron chi connectivity index (χ4n) is 7.37. The van der Waals surface area contributed by atoms with Crippen LogP contribution in [0.15, 0.2) is 182 Å². The predicted octanol–water partition coefficient (Wildman–Crippen LogP) is 11.9. The summed E-state index contributed by atoms with van der Waals surface area (Å²) in [5.41, 5.74) is 8.64. The van der Waals surface area contributed by atoms with Gasteiger partial charge in [-0.05, 0) is 57.6 Å². The molecule has 0 aliphatic heterocycles. The molecule has 0 unspecified atom stereocenters. The third kappa shape index (κ3) is 4.96. The summed E-state index contributed by atoms with van der Waals surface area (Å²) in [5, 5.41) is 7.14. The number of rotatable bonds is 5. The van der Waals surface area contributed by atoms with Crippen molar-refractivity contribution in [3.63, 3.8) is 0 Å². The standard InChI is InChI=1S/C47H30N4/c1-3-13-31(14-4-1)32-23-25-34(26-24-32)46-48-45(33-15-5-2-6-16-33)49-47(50-46)40-27-28-43(38-20-10-9-19-37(38)40)51-42-22-12-11-21-39(42)41-29-35-17-7-8-18-36(35)30-44(41)51/h1-30H. The van der Waals surface area contributed by atoms with Crippen LogP contribution in [0.5, 0.6) is 0 Å². The first-order valence-electron chi connectivity index (χ1n) is 17.2. The Morgan fingerprint density at radius 2 is 0.824 bits per heavy atom. The Labute approximate surface area is 295 Å². The van der Waals surface area contributed by atoms with E-state index in [1.54, 1.807) is 0 Å². The molecule has 0 aliphatic rings. The Balaban J connectivity index is 1.18. The molecule has 0 atom stereocenters. The minimum atomic E-state index is 0.640. The Morgan fingerprint density at radius 1 is 0.314 bits per heavy atom. The van der Waals surface area contributed by atoms with Crippen LogP contribution in [0.2, 0.25) is 0 Å². The van der Waals surface area contributed by atoms with Crippen molar-refractivity contribution < 1.29 is 0 Å². The molecule has 4 heteroatoms. The number of aromatic nitrogens is 4. The first kappa shape index (κ1) is 29.0. The van der Waals surface area contributed by atoms with Gasteiger partial charge in [-0.3, -0.25) is 0 Å². The zero-order valence-electron chi connectivity index (χ0n) is 27.6. The quantitative estimate of drug-likeness (QED) is 0.186. The molecule has 51 heavy (non-hydrogen) atoms. The number of hydrogen-bond donors (Lipinski definition) is 0. The van der Waals surface area contributed by atoms with Crippen LogP contribution in [-0.2, 0) is 0 Å². The van der Waals surface area contributed by atoms with Gasteiger partial charge < -0.3 is 4.57 Å². The van der Waals surface area contributed by atoms with Crippen molar-refractivity contribution in [2.45, 2.75) is 0 Å². The zero-order valence-corrected chi connectivity index (χ0v) is 27.6. The van der Waals surface area contributed by atoms with Gasteiger partial charge in [-0.25, -0.2) is 15.0 Å². The van der Waals surface area contributed by atoms with E-state index in [2.05, 4.69) is 162 Å². The molecule has 0 N–H and O–H groups in total. The number of hydrogen-bond acceptors (Lipinski definition) is 3. The van der Waals surface area contributed by atoms with Crippen molar-refractivity contribution in [2.24, 2.45) is 0 Å². The number of fused-ring (bicyclic) bond motifs is 5. The largest absolute Gasteiger partial charge is 0.309 e. The molecular weight excluding hydrogens is 621 g/mol. The van der Waals surface area contributed by atoms with Gasteiger partial charge in [-0.2, -0.15) is 0 Å². The lowest BCUT2D eigenvalue weighted by Gasteiger charge is -2.15. The molecule has 0 saturated carbocycles. The fraction of sp³-hybridized carbons (Fsp3) is 0. The van der Waals surface area contributed by atoms with Gasteiger partial charge in [-0.1, -0.05) is 152 Å². The maximum atomic E-state index is 5.15. The van der Waals surface area contributed by atoms with Gasteiger partial charge >= 0.3 is 0 Å². The van der Waals surface area contributed by atoms with Crippen molar-refractivity contribution in [3.8, 4) is 51.0 Å². The van der Waals surface area contributed by atoms with Crippen LogP contribution in [0.1, 0.15) is 0 Å². The molecule has 0 saturated heterocycles. The highest BCUT2D eigenvalue weighted by atomic mass is 15.0. The molecule has 0 bridgehead atoms. The summed E-state index contributed by atoms with van der Waals surface area (Å²) in [5.74, 6) is 1.92. The van der Waals surface area contributed by atoms with Gasteiger partial charge in [0, 0.05) is 32.8 Å². The summed E-state index contributed by atoms with van der Waals surface area (Å²) >= 11 is 0.